The van der Waals surface area contributed by atoms with Gasteiger partial charge in [-0.05, 0) is 102 Å². The van der Waals surface area contributed by atoms with Gasteiger partial charge in [-0.3, -0.25) is 0 Å². The molecule has 2 amide bonds. The molecule has 0 fully saturated rings. The summed E-state index contributed by atoms with van der Waals surface area (Å²) in [7, 11) is 0. The minimum atomic E-state index is -0.567. The molecule has 0 aromatic heterocycles. The van der Waals surface area contributed by atoms with E-state index in [4.69, 9.17) is 9.47 Å². The van der Waals surface area contributed by atoms with Crippen LogP contribution in [0.3, 0.4) is 0 Å². The first-order chi connectivity index (χ1) is 17.8. The Morgan fingerprint density at radius 3 is 1.39 bits per heavy atom. The normalized spacial score (nSPS) is 11.4. The fourth-order valence-electron chi connectivity index (χ4n) is 3.96. The summed E-state index contributed by atoms with van der Waals surface area (Å²) < 4.78 is 10.7. The monoisotopic (exact) mass is 520 g/mol. The Balaban J connectivity index is 1.63. The van der Waals surface area contributed by atoms with Gasteiger partial charge < -0.3 is 20.1 Å². The van der Waals surface area contributed by atoms with Crippen molar-refractivity contribution in [3.63, 3.8) is 0 Å². The van der Waals surface area contributed by atoms with E-state index in [1.807, 2.05) is 90.1 Å². The Morgan fingerprint density at radius 2 is 1.05 bits per heavy atom. The molecular formula is C32H44N2O4. The topological polar surface area (TPSA) is 76.7 Å². The number of carbonyl (C=O) groups is 2. The third-order valence-electron chi connectivity index (χ3n) is 6.49. The number of ether oxygens (including phenoxy) is 2. The Bertz CT molecular complexity index is 1040. The van der Waals surface area contributed by atoms with Gasteiger partial charge in [0.2, 0.25) is 0 Å². The molecule has 0 aliphatic rings. The van der Waals surface area contributed by atoms with Crippen molar-refractivity contribution in [2.45, 2.75) is 78.3 Å². The van der Waals surface area contributed by atoms with Crippen LogP contribution in [0.1, 0.15) is 89.5 Å². The van der Waals surface area contributed by atoms with E-state index in [-0.39, 0.29) is 0 Å². The zero-order valence-corrected chi connectivity index (χ0v) is 23.9. The van der Waals surface area contributed by atoms with Crippen LogP contribution in [0, 0.1) is 0 Å². The van der Waals surface area contributed by atoms with Gasteiger partial charge in [-0.1, -0.05) is 60.7 Å². The summed E-state index contributed by atoms with van der Waals surface area (Å²) in [5.41, 5.74) is 4.89. The van der Waals surface area contributed by atoms with Gasteiger partial charge in [0, 0.05) is 0 Å². The maximum Gasteiger partial charge on any atom is 0.407 e. The number of amides is 2. The number of unbranched alkanes of at least 4 members (excludes halogenated alkanes) is 3. The van der Waals surface area contributed by atoms with E-state index in [9.17, 15) is 9.59 Å². The first-order valence-electron chi connectivity index (χ1n) is 13.2. The lowest BCUT2D eigenvalue weighted by Gasteiger charge is -2.27. The maximum absolute atomic E-state index is 12.3. The second-order valence-electron chi connectivity index (χ2n) is 10.9. The van der Waals surface area contributed by atoms with Crippen LogP contribution >= 0.6 is 0 Å². The zero-order valence-electron chi connectivity index (χ0n) is 23.9. The molecule has 0 saturated carbocycles. The largest absolute Gasteiger partial charge is 0.450 e. The molecule has 206 valence electrons. The fourth-order valence-corrected chi connectivity index (χ4v) is 3.96. The van der Waals surface area contributed by atoms with E-state index < -0.39 is 23.3 Å². The summed E-state index contributed by atoms with van der Waals surface area (Å²) in [5.74, 6) is 0. The van der Waals surface area contributed by atoms with Crippen LogP contribution in [0.15, 0.2) is 61.7 Å². The van der Waals surface area contributed by atoms with Gasteiger partial charge in [0.1, 0.15) is 0 Å². The molecular weight excluding hydrogens is 476 g/mol. The minimum absolute atomic E-state index is 0.340. The predicted octanol–water partition coefficient (Wildman–Crippen LogP) is 7.94. The van der Waals surface area contributed by atoms with Crippen molar-refractivity contribution in [1.82, 2.24) is 10.6 Å². The molecule has 0 bridgehead atoms. The quantitative estimate of drug-likeness (QED) is 0.263. The smallest absolute Gasteiger partial charge is 0.407 e. The average Bonchev–Trinajstić information content (AvgIpc) is 2.85. The summed E-state index contributed by atoms with van der Waals surface area (Å²) in [6.45, 7) is 20.4. The van der Waals surface area contributed by atoms with E-state index in [1.54, 1.807) is 0 Å². The fraction of sp³-hybridized carbons (Fsp3) is 0.438. The summed E-state index contributed by atoms with van der Waals surface area (Å²) >= 11 is 0. The van der Waals surface area contributed by atoms with Crippen molar-refractivity contribution >= 4 is 23.3 Å². The van der Waals surface area contributed by atoms with E-state index in [1.165, 1.54) is 0 Å². The van der Waals surface area contributed by atoms with E-state index in [0.717, 1.165) is 59.1 Å². The lowest BCUT2D eigenvalue weighted by atomic mass is 9.92. The Kier molecular flexibility index (Phi) is 11.2. The van der Waals surface area contributed by atoms with Crippen LogP contribution in [0.2, 0.25) is 0 Å². The third-order valence-corrected chi connectivity index (χ3v) is 6.49. The van der Waals surface area contributed by atoms with Gasteiger partial charge in [0.15, 0.2) is 0 Å². The molecule has 0 heterocycles. The summed E-state index contributed by atoms with van der Waals surface area (Å²) in [6, 6.07) is 16.0. The standard InChI is InChI=1S/C32H44N2O4/c1-23(2)25-15-13-17-27(21-25)31(5,6)33-29(35)37-19-11-9-10-12-20-38-30(36)34-32(7,8)28-18-14-16-26(22-28)24(3)4/h13-18,21-22H,1,3,9-12,19-20H2,2,4-8H3,(H,33,35)(H,34,36). The zero-order chi connectivity index (χ0) is 28.3. The van der Waals surface area contributed by atoms with Crippen LogP contribution in [0.5, 0.6) is 0 Å². The van der Waals surface area contributed by atoms with Crippen LogP contribution in [-0.4, -0.2) is 25.4 Å². The van der Waals surface area contributed by atoms with Gasteiger partial charge in [-0.25, -0.2) is 9.59 Å². The second-order valence-corrected chi connectivity index (χ2v) is 10.9. The lowest BCUT2D eigenvalue weighted by molar-refractivity contribution is 0.128. The maximum atomic E-state index is 12.3. The second kappa shape index (κ2) is 13.8. The number of hydrogen-bond acceptors (Lipinski definition) is 4. The highest BCUT2D eigenvalue weighted by Gasteiger charge is 2.25. The molecule has 0 unspecified atom stereocenters. The molecule has 2 aromatic rings. The number of hydrogen-bond donors (Lipinski definition) is 2. The predicted molar refractivity (Wildman–Crippen MR) is 156 cm³/mol. The number of allylic oxidation sites excluding steroid dienone is 2. The number of rotatable bonds is 13. The van der Waals surface area contributed by atoms with Gasteiger partial charge in [-0.15, -0.1) is 0 Å². The Morgan fingerprint density at radius 1 is 0.684 bits per heavy atom. The molecule has 0 saturated heterocycles. The summed E-state index contributed by atoms with van der Waals surface area (Å²) in [5, 5.41) is 5.88. The highest BCUT2D eigenvalue weighted by Crippen LogP contribution is 2.25. The van der Waals surface area contributed by atoms with Crippen molar-refractivity contribution in [1.29, 1.82) is 0 Å². The Labute approximate surface area is 228 Å². The molecule has 2 N–H and O–H groups in total. The summed E-state index contributed by atoms with van der Waals surface area (Å²) in [4.78, 5) is 24.6. The third kappa shape index (κ3) is 9.73. The van der Waals surface area contributed by atoms with Crippen LogP contribution in [-0.2, 0) is 20.6 Å². The molecule has 0 aliphatic heterocycles. The minimum Gasteiger partial charge on any atom is -0.450 e. The first-order valence-corrected chi connectivity index (χ1v) is 13.2. The molecule has 6 heteroatoms. The van der Waals surface area contributed by atoms with E-state index in [0.29, 0.717) is 13.2 Å². The summed E-state index contributed by atoms with van der Waals surface area (Å²) in [6.07, 6.45) is 2.37. The lowest BCUT2D eigenvalue weighted by Crippen LogP contribution is -2.41. The van der Waals surface area contributed by atoms with Crippen molar-refractivity contribution < 1.29 is 19.1 Å². The Hall–Kier alpha value is -3.54. The molecule has 6 nitrogen and oxygen atoms in total. The van der Waals surface area contributed by atoms with Crippen LogP contribution < -0.4 is 10.6 Å². The SMILES string of the molecule is C=C(C)c1cccc(C(C)(C)NC(=O)OCCCCCCOC(=O)NC(C)(C)c2cccc(C(=C)C)c2)c1. The molecule has 0 aliphatic carbocycles. The number of benzene rings is 2. The van der Waals surface area contributed by atoms with E-state index >= 15 is 0 Å². The molecule has 2 aromatic carbocycles. The molecule has 0 spiro atoms. The van der Waals surface area contributed by atoms with Gasteiger partial charge in [-0.2, -0.15) is 0 Å². The van der Waals surface area contributed by atoms with Gasteiger partial charge >= 0.3 is 12.2 Å². The van der Waals surface area contributed by atoms with Crippen LogP contribution in [0.4, 0.5) is 9.59 Å². The first kappa shape index (κ1) is 30.7. The molecule has 0 radical (unpaired) electrons. The van der Waals surface area contributed by atoms with Crippen molar-refractivity contribution in [2.24, 2.45) is 0 Å². The van der Waals surface area contributed by atoms with E-state index in [2.05, 4.69) is 23.8 Å². The highest BCUT2D eigenvalue weighted by molar-refractivity contribution is 5.70. The molecule has 2 rings (SSSR count). The molecule has 38 heavy (non-hydrogen) atoms. The average molecular weight is 521 g/mol. The molecule has 0 atom stereocenters. The van der Waals surface area contributed by atoms with Crippen molar-refractivity contribution in [3.05, 3.63) is 83.9 Å². The van der Waals surface area contributed by atoms with Gasteiger partial charge in [0.05, 0.1) is 24.3 Å². The number of nitrogens with one attached hydrogen (secondary N) is 2. The van der Waals surface area contributed by atoms with Gasteiger partial charge in [0.25, 0.3) is 0 Å². The number of carbonyl (C=O) groups excluding carboxylic acids is 2. The van der Waals surface area contributed by atoms with Crippen LogP contribution in [0.25, 0.3) is 11.1 Å². The van der Waals surface area contributed by atoms with Crippen molar-refractivity contribution in [3.8, 4) is 0 Å². The number of alkyl carbamates (subject to hydrolysis) is 2. The van der Waals surface area contributed by atoms with Crippen molar-refractivity contribution in [2.75, 3.05) is 13.2 Å². The highest BCUT2D eigenvalue weighted by atomic mass is 16.6.